The minimum Gasteiger partial charge on any atom is -0.496 e. The fraction of sp³-hybridized carbons (Fsp3) is 0.267. The number of carbonyl (C=O) groups is 1. The van der Waals surface area contributed by atoms with Crippen molar-refractivity contribution in [1.29, 1.82) is 0 Å². The average molecular weight is 303 g/mol. The summed E-state index contributed by atoms with van der Waals surface area (Å²) in [5.41, 5.74) is 7.68. The summed E-state index contributed by atoms with van der Waals surface area (Å²) < 4.78 is 10.00. The van der Waals surface area contributed by atoms with Crippen molar-refractivity contribution in [3.05, 3.63) is 40.6 Å². The number of benzene rings is 1. The Balaban J connectivity index is 2.46. The third-order valence-electron chi connectivity index (χ3n) is 3.28. The second-order valence-electron chi connectivity index (χ2n) is 4.66. The summed E-state index contributed by atoms with van der Waals surface area (Å²) >= 11 is 0. The first-order valence-corrected chi connectivity index (χ1v) is 6.53. The van der Waals surface area contributed by atoms with Gasteiger partial charge in [-0.15, -0.1) is 0 Å². The Hall–Kier alpha value is -2.83. The van der Waals surface area contributed by atoms with Gasteiger partial charge in [-0.3, -0.25) is 0 Å². The van der Waals surface area contributed by atoms with E-state index in [-0.39, 0.29) is 11.8 Å². The van der Waals surface area contributed by atoms with Gasteiger partial charge in [0.05, 0.1) is 25.5 Å². The average Bonchev–Trinajstić information content (AvgIpc) is 2.49. The molecule has 0 radical (unpaired) electrons. The highest BCUT2D eigenvalue weighted by Crippen LogP contribution is 2.27. The molecule has 1 aromatic carbocycles. The standard InChI is InChI=1S/C15H17N3O4/c1-8-11(13(19)18-15(16)17-8)7-10-6-9(14(20)22-3)4-5-12(10)21-2/h4-6H,7H2,1-3H3,(H3,16,17,18,19). The molecule has 0 aliphatic carbocycles. The molecule has 7 nitrogen and oxygen atoms in total. The molecule has 0 saturated carbocycles. The number of esters is 1. The minimum absolute atomic E-state index is 0.00836. The van der Waals surface area contributed by atoms with E-state index in [1.165, 1.54) is 14.2 Å². The van der Waals surface area contributed by atoms with Crippen LogP contribution >= 0.6 is 0 Å². The summed E-state index contributed by atoms with van der Waals surface area (Å²) in [5.74, 6) is -0.0359. The molecule has 2 aromatic rings. The van der Waals surface area contributed by atoms with Gasteiger partial charge in [0.1, 0.15) is 5.75 Å². The van der Waals surface area contributed by atoms with Crippen LogP contribution in [0, 0.1) is 6.92 Å². The van der Waals surface area contributed by atoms with E-state index in [9.17, 15) is 9.90 Å². The van der Waals surface area contributed by atoms with Crippen LogP contribution in [-0.4, -0.2) is 35.3 Å². The largest absolute Gasteiger partial charge is 0.496 e. The number of nitrogen functional groups attached to an aromatic ring is 1. The van der Waals surface area contributed by atoms with Gasteiger partial charge >= 0.3 is 5.97 Å². The SMILES string of the molecule is COC(=O)c1ccc(OC)c(Cc2c(C)nc(N)nc2O)c1. The maximum absolute atomic E-state index is 11.6. The van der Waals surface area contributed by atoms with E-state index in [0.717, 1.165) is 0 Å². The van der Waals surface area contributed by atoms with Crippen LogP contribution < -0.4 is 10.5 Å². The van der Waals surface area contributed by atoms with Crippen molar-refractivity contribution in [3.63, 3.8) is 0 Å². The molecule has 3 N–H and O–H groups in total. The second kappa shape index (κ2) is 6.30. The number of anilines is 1. The number of aromatic hydroxyl groups is 1. The summed E-state index contributed by atoms with van der Waals surface area (Å²) in [6, 6.07) is 4.94. The predicted molar refractivity (Wildman–Crippen MR) is 80.0 cm³/mol. The Morgan fingerprint density at radius 2 is 2.05 bits per heavy atom. The van der Waals surface area contributed by atoms with Crippen LogP contribution in [0.1, 0.15) is 27.2 Å². The number of aryl methyl sites for hydroxylation is 1. The highest BCUT2D eigenvalue weighted by atomic mass is 16.5. The fourth-order valence-corrected chi connectivity index (χ4v) is 2.16. The van der Waals surface area contributed by atoms with Gasteiger partial charge in [0.15, 0.2) is 0 Å². The molecule has 2 rings (SSSR count). The number of hydrogen-bond acceptors (Lipinski definition) is 7. The third kappa shape index (κ3) is 3.08. The van der Waals surface area contributed by atoms with Gasteiger partial charge in [0, 0.05) is 12.0 Å². The fourth-order valence-electron chi connectivity index (χ4n) is 2.16. The van der Waals surface area contributed by atoms with Gasteiger partial charge in [0.2, 0.25) is 11.8 Å². The molecule has 0 bridgehead atoms. The summed E-state index contributed by atoms with van der Waals surface area (Å²) in [5, 5.41) is 9.96. The molecule has 0 amide bonds. The maximum atomic E-state index is 11.6. The summed E-state index contributed by atoms with van der Waals surface area (Å²) in [6.07, 6.45) is 0.298. The summed E-state index contributed by atoms with van der Waals surface area (Å²) in [4.78, 5) is 19.4. The zero-order valence-electron chi connectivity index (χ0n) is 12.6. The first kappa shape index (κ1) is 15.6. The van der Waals surface area contributed by atoms with Crippen LogP contribution in [0.4, 0.5) is 5.95 Å². The van der Waals surface area contributed by atoms with Gasteiger partial charge in [-0.25, -0.2) is 9.78 Å². The normalized spacial score (nSPS) is 10.3. The van der Waals surface area contributed by atoms with Crippen LogP contribution in [0.5, 0.6) is 11.6 Å². The quantitative estimate of drug-likeness (QED) is 0.823. The molecule has 0 saturated heterocycles. The number of nitrogens with zero attached hydrogens (tertiary/aromatic N) is 2. The molecular formula is C15H17N3O4. The van der Waals surface area contributed by atoms with Crippen molar-refractivity contribution in [2.24, 2.45) is 0 Å². The summed E-state index contributed by atoms with van der Waals surface area (Å²) in [6.45, 7) is 1.73. The number of rotatable bonds is 4. The number of methoxy groups -OCH3 is 2. The lowest BCUT2D eigenvalue weighted by atomic mass is 10.0. The van der Waals surface area contributed by atoms with E-state index >= 15 is 0 Å². The number of ether oxygens (including phenoxy) is 2. The third-order valence-corrected chi connectivity index (χ3v) is 3.28. The molecule has 1 heterocycles. The van der Waals surface area contributed by atoms with E-state index in [2.05, 4.69) is 9.97 Å². The van der Waals surface area contributed by atoms with Crippen LogP contribution in [0.15, 0.2) is 18.2 Å². The number of hydrogen-bond donors (Lipinski definition) is 2. The molecule has 0 aliphatic rings. The Labute approximate surface area is 127 Å². The molecular weight excluding hydrogens is 286 g/mol. The van der Waals surface area contributed by atoms with Gasteiger partial charge in [-0.05, 0) is 30.7 Å². The van der Waals surface area contributed by atoms with E-state index in [4.69, 9.17) is 15.2 Å². The lowest BCUT2D eigenvalue weighted by Crippen LogP contribution is -2.06. The van der Waals surface area contributed by atoms with Gasteiger partial charge in [-0.2, -0.15) is 4.98 Å². The van der Waals surface area contributed by atoms with Crippen LogP contribution in [-0.2, 0) is 11.2 Å². The Bertz CT molecular complexity index is 693. The maximum Gasteiger partial charge on any atom is 0.337 e. The highest BCUT2D eigenvalue weighted by Gasteiger charge is 2.15. The number of aromatic nitrogens is 2. The van der Waals surface area contributed by atoms with Crippen molar-refractivity contribution >= 4 is 11.9 Å². The van der Waals surface area contributed by atoms with Gasteiger partial charge in [-0.1, -0.05) is 0 Å². The van der Waals surface area contributed by atoms with Crippen LogP contribution in [0.2, 0.25) is 0 Å². The predicted octanol–water partition coefficient (Wildman–Crippen LogP) is 1.46. The van der Waals surface area contributed by atoms with E-state index in [1.54, 1.807) is 25.1 Å². The molecule has 0 unspecified atom stereocenters. The smallest absolute Gasteiger partial charge is 0.337 e. The van der Waals surface area contributed by atoms with Crippen molar-refractivity contribution in [2.75, 3.05) is 20.0 Å². The summed E-state index contributed by atoms with van der Waals surface area (Å²) in [7, 11) is 2.85. The second-order valence-corrected chi connectivity index (χ2v) is 4.66. The lowest BCUT2D eigenvalue weighted by molar-refractivity contribution is 0.0600. The first-order chi connectivity index (χ1) is 10.5. The van der Waals surface area contributed by atoms with E-state index < -0.39 is 5.97 Å². The van der Waals surface area contributed by atoms with Crippen molar-refractivity contribution < 1.29 is 19.4 Å². The van der Waals surface area contributed by atoms with Gasteiger partial charge in [0.25, 0.3) is 0 Å². The molecule has 1 aromatic heterocycles. The molecule has 0 aliphatic heterocycles. The first-order valence-electron chi connectivity index (χ1n) is 6.53. The molecule has 7 heteroatoms. The monoisotopic (exact) mass is 303 g/mol. The van der Waals surface area contributed by atoms with Crippen LogP contribution in [0.25, 0.3) is 0 Å². The Kier molecular flexibility index (Phi) is 4.45. The molecule has 22 heavy (non-hydrogen) atoms. The lowest BCUT2D eigenvalue weighted by Gasteiger charge is -2.12. The molecule has 0 fully saturated rings. The van der Waals surface area contributed by atoms with E-state index in [1.807, 2.05) is 0 Å². The zero-order chi connectivity index (χ0) is 16.3. The topological polar surface area (TPSA) is 108 Å². The van der Waals surface area contributed by atoms with E-state index in [0.29, 0.717) is 34.6 Å². The molecule has 116 valence electrons. The van der Waals surface area contributed by atoms with Crippen molar-refractivity contribution in [1.82, 2.24) is 9.97 Å². The van der Waals surface area contributed by atoms with Crippen molar-refractivity contribution in [2.45, 2.75) is 13.3 Å². The highest BCUT2D eigenvalue weighted by molar-refractivity contribution is 5.89. The number of carbonyl (C=O) groups excluding carboxylic acids is 1. The van der Waals surface area contributed by atoms with Crippen molar-refractivity contribution in [3.8, 4) is 11.6 Å². The Morgan fingerprint density at radius 1 is 1.32 bits per heavy atom. The number of nitrogens with two attached hydrogens (primary N) is 1. The minimum atomic E-state index is -0.446. The molecule has 0 spiro atoms. The van der Waals surface area contributed by atoms with Crippen LogP contribution in [0.3, 0.4) is 0 Å². The Morgan fingerprint density at radius 3 is 2.64 bits per heavy atom. The molecule has 0 atom stereocenters. The van der Waals surface area contributed by atoms with Gasteiger partial charge < -0.3 is 20.3 Å². The zero-order valence-corrected chi connectivity index (χ0v) is 12.6.